The number of carbonyl (C=O) groups excluding carboxylic acids is 1. The fourth-order valence-electron chi connectivity index (χ4n) is 2.72. The molecule has 0 amide bonds. The van der Waals surface area contributed by atoms with Crippen molar-refractivity contribution in [1.82, 2.24) is 0 Å². The molecule has 8 heteroatoms. The van der Waals surface area contributed by atoms with Crippen molar-refractivity contribution in [1.29, 1.82) is 0 Å². The fraction of sp³-hybridized carbons (Fsp3) is 0.263. The summed E-state index contributed by atoms with van der Waals surface area (Å²) in [5.74, 6) is 0.385. The molecule has 27 heavy (non-hydrogen) atoms. The molecule has 1 aliphatic rings. The molecule has 1 aliphatic heterocycles. The summed E-state index contributed by atoms with van der Waals surface area (Å²) in [7, 11) is 1.36. The van der Waals surface area contributed by atoms with E-state index in [4.69, 9.17) is 9.47 Å². The molecule has 0 saturated carbocycles. The van der Waals surface area contributed by atoms with Crippen LogP contribution in [0.3, 0.4) is 0 Å². The molecule has 0 bridgehead atoms. The van der Waals surface area contributed by atoms with Gasteiger partial charge in [0, 0.05) is 17.8 Å². The maximum atomic E-state index is 11.6. The smallest absolute Gasteiger partial charge is 0.312 e. The summed E-state index contributed by atoms with van der Waals surface area (Å²) in [6, 6.07) is 11.6. The number of nitro benzene ring substituents is 1. The predicted molar refractivity (Wildman–Crippen MR) is 101 cm³/mol. The second-order valence-corrected chi connectivity index (χ2v) is 6.16. The number of anilines is 1. The molecular formula is C19H19N3O5. The minimum absolute atomic E-state index is 0.0452. The van der Waals surface area contributed by atoms with Gasteiger partial charge in [0.2, 0.25) is 0 Å². The van der Waals surface area contributed by atoms with Crippen LogP contribution in [0.4, 0.5) is 17.1 Å². The monoisotopic (exact) mass is 369 g/mol. The minimum Gasteiger partial charge on any atom is -0.481 e. The molecule has 140 valence electrons. The molecule has 2 aromatic carbocycles. The van der Waals surface area contributed by atoms with E-state index in [1.165, 1.54) is 19.2 Å². The van der Waals surface area contributed by atoms with Crippen molar-refractivity contribution in [2.45, 2.75) is 25.9 Å². The third kappa shape index (κ3) is 3.89. The number of nitrogens with one attached hydrogen (secondary N) is 1. The Morgan fingerprint density at radius 1 is 1.30 bits per heavy atom. The van der Waals surface area contributed by atoms with Crippen LogP contribution in [0.5, 0.6) is 5.75 Å². The first-order valence-corrected chi connectivity index (χ1v) is 8.37. The summed E-state index contributed by atoms with van der Waals surface area (Å²) in [5, 5.41) is 14.1. The number of benzene rings is 2. The Hall–Kier alpha value is -3.42. The molecule has 2 unspecified atom stereocenters. The van der Waals surface area contributed by atoms with Gasteiger partial charge in [-0.1, -0.05) is 12.1 Å². The molecule has 0 aliphatic carbocycles. The van der Waals surface area contributed by atoms with Crippen LogP contribution in [0.2, 0.25) is 0 Å². The Labute approximate surface area is 156 Å². The van der Waals surface area contributed by atoms with Gasteiger partial charge in [-0.2, -0.15) is 0 Å². The number of carbonyl (C=O) groups is 1. The molecule has 0 fully saturated rings. The van der Waals surface area contributed by atoms with E-state index in [1.807, 2.05) is 31.2 Å². The van der Waals surface area contributed by atoms with Crippen molar-refractivity contribution < 1.29 is 19.2 Å². The Balaban J connectivity index is 1.81. The SMILES string of the molecule is COC(=O)C(C)c1ccc(NC2=Nc3cc([N+](=O)[O-])ccc3OC2C)cc1. The first kappa shape index (κ1) is 18.4. The van der Waals surface area contributed by atoms with E-state index in [1.54, 1.807) is 13.0 Å². The van der Waals surface area contributed by atoms with Gasteiger partial charge in [0.1, 0.15) is 17.3 Å². The number of ether oxygens (including phenoxy) is 2. The van der Waals surface area contributed by atoms with Crippen molar-refractivity contribution >= 4 is 28.9 Å². The number of fused-ring (bicyclic) bond motifs is 1. The highest BCUT2D eigenvalue weighted by Gasteiger charge is 2.23. The van der Waals surface area contributed by atoms with E-state index in [-0.39, 0.29) is 23.7 Å². The third-order valence-electron chi connectivity index (χ3n) is 4.32. The van der Waals surface area contributed by atoms with Gasteiger partial charge in [-0.3, -0.25) is 14.9 Å². The van der Waals surface area contributed by atoms with E-state index >= 15 is 0 Å². The van der Waals surface area contributed by atoms with E-state index in [0.29, 0.717) is 17.3 Å². The molecule has 0 saturated heterocycles. The topological polar surface area (TPSA) is 103 Å². The summed E-state index contributed by atoms with van der Waals surface area (Å²) in [6.07, 6.45) is -0.340. The highest BCUT2D eigenvalue weighted by atomic mass is 16.6. The zero-order chi connectivity index (χ0) is 19.6. The number of hydrogen-bond acceptors (Lipinski definition) is 7. The molecule has 0 radical (unpaired) electrons. The molecule has 0 spiro atoms. The highest BCUT2D eigenvalue weighted by Crippen LogP contribution is 2.35. The fourth-order valence-corrected chi connectivity index (χ4v) is 2.72. The van der Waals surface area contributed by atoms with Crippen LogP contribution < -0.4 is 10.1 Å². The highest BCUT2D eigenvalue weighted by molar-refractivity contribution is 6.01. The Morgan fingerprint density at radius 3 is 2.63 bits per heavy atom. The molecule has 1 heterocycles. The number of nitro groups is 1. The summed E-state index contributed by atoms with van der Waals surface area (Å²) in [4.78, 5) is 26.6. The lowest BCUT2D eigenvalue weighted by atomic mass is 10.0. The van der Waals surface area contributed by atoms with Crippen LogP contribution in [0.1, 0.15) is 25.3 Å². The molecular weight excluding hydrogens is 350 g/mol. The second-order valence-electron chi connectivity index (χ2n) is 6.16. The van der Waals surface area contributed by atoms with Gasteiger partial charge < -0.3 is 14.8 Å². The van der Waals surface area contributed by atoms with Gasteiger partial charge in [0.25, 0.3) is 5.69 Å². The summed E-state index contributed by atoms with van der Waals surface area (Å²) in [5.41, 5.74) is 1.96. The van der Waals surface area contributed by atoms with E-state index in [2.05, 4.69) is 10.3 Å². The van der Waals surface area contributed by atoms with Gasteiger partial charge in [-0.05, 0) is 37.6 Å². The van der Waals surface area contributed by atoms with Crippen LogP contribution in [-0.4, -0.2) is 29.9 Å². The maximum absolute atomic E-state index is 11.6. The van der Waals surface area contributed by atoms with Crippen LogP contribution in [0.15, 0.2) is 47.5 Å². The Kier molecular flexibility index (Phi) is 5.07. The second kappa shape index (κ2) is 7.45. The lowest BCUT2D eigenvalue weighted by Crippen LogP contribution is -2.32. The predicted octanol–water partition coefficient (Wildman–Crippen LogP) is 3.79. The van der Waals surface area contributed by atoms with Crippen molar-refractivity contribution in [3.63, 3.8) is 0 Å². The lowest BCUT2D eigenvalue weighted by Gasteiger charge is -2.24. The zero-order valence-corrected chi connectivity index (χ0v) is 15.1. The number of aliphatic imine (C=N–C) groups is 1. The molecule has 0 aromatic heterocycles. The maximum Gasteiger partial charge on any atom is 0.312 e. The normalized spacial score (nSPS) is 16.4. The first-order valence-electron chi connectivity index (χ1n) is 8.37. The summed E-state index contributed by atoms with van der Waals surface area (Å²) in [6.45, 7) is 3.61. The standard InChI is InChI=1S/C19H19N3O5/c1-11(19(23)26-3)13-4-6-14(7-5-13)20-18-12(2)27-17-9-8-15(22(24)25)10-16(17)21-18/h4-12H,1-3H3,(H,20,21). The summed E-state index contributed by atoms with van der Waals surface area (Å²) < 4.78 is 10.5. The number of nitrogens with zero attached hydrogens (tertiary/aromatic N) is 2. The third-order valence-corrected chi connectivity index (χ3v) is 4.32. The van der Waals surface area contributed by atoms with Gasteiger partial charge in [0.15, 0.2) is 6.10 Å². The number of hydrogen-bond donors (Lipinski definition) is 1. The summed E-state index contributed by atoms with van der Waals surface area (Å²) >= 11 is 0. The minimum atomic E-state index is -0.470. The van der Waals surface area contributed by atoms with Crippen molar-refractivity contribution in [3.8, 4) is 5.75 Å². The van der Waals surface area contributed by atoms with Crippen LogP contribution in [-0.2, 0) is 9.53 Å². The molecule has 2 aromatic rings. The average molecular weight is 369 g/mol. The van der Waals surface area contributed by atoms with E-state index in [0.717, 1.165) is 11.3 Å². The number of methoxy groups -OCH3 is 1. The number of non-ortho nitro benzene ring substituents is 1. The van der Waals surface area contributed by atoms with Crippen LogP contribution >= 0.6 is 0 Å². The van der Waals surface area contributed by atoms with Gasteiger partial charge >= 0.3 is 5.97 Å². The first-order chi connectivity index (χ1) is 12.9. The van der Waals surface area contributed by atoms with Gasteiger partial charge in [0.05, 0.1) is 18.0 Å². The number of esters is 1. The van der Waals surface area contributed by atoms with Crippen LogP contribution in [0, 0.1) is 10.1 Å². The Bertz CT molecular complexity index is 908. The lowest BCUT2D eigenvalue weighted by molar-refractivity contribution is -0.384. The number of amidine groups is 1. The zero-order valence-electron chi connectivity index (χ0n) is 15.1. The molecule has 8 nitrogen and oxygen atoms in total. The largest absolute Gasteiger partial charge is 0.481 e. The van der Waals surface area contributed by atoms with E-state index < -0.39 is 4.92 Å². The molecule has 3 rings (SSSR count). The average Bonchev–Trinajstić information content (AvgIpc) is 2.67. The van der Waals surface area contributed by atoms with E-state index in [9.17, 15) is 14.9 Å². The molecule has 2 atom stereocenters. The molecule has 1 N–H and O–H groups in total. The quantitative estimate of drug-likeness (QED) is 0.499. The van der Waals surface area contributed by atoms with Gasteiger partial charge in [-0.25, -0.2) is 4.99 Å². The van der Waals surface area contributed by atoms with Crippen molar-refractivity contribution in [2.75, 3.05) is 12.4 Å². The van der Waals surface area contributed by atoms with Crippen LogP contribution in [0.25, 0.3) is 0 Å². The Morgan fingerprint density at radius 2 is 2.00 bits per heavy atom. The van der Waals surface area contributed by atoms with Crippen molar-refractivity contribution in [3.05, 3.63) is 58.1 Å². The van der Waals surface area contributed by atoms with Gasteiger partial charge in [-0.15, -0.1) is 0 Å². The van der Waals surface area contributed by atoms with Crippen molar-refractivity contribution in [2.24, 2.45) is 4.99 Å². The number of rotatable bonds is 4.